The summed E-state index contributed by atoms with van der Waals surface area (Å²) in [6, 6.07) is 15.0. The molecule has 0 aliphatic carbocycles. The number of benzene rings is 2. The number of carbonyl (C=O) groups excluding carboxylic acids is 1. The summed E-state index contributed by atoms with van der Waals surface area (Å²) in [4.78, 5) is 15.0. The van der Waals surface area contributed by atoms with E-state index in [9.17, 15) is 4.79 Å². The van der Waals surface area contributed by atoms with Crippen LogP contribution in [0.3, 0.4) is 0 Å². The zero-order chi connectivity index (χ0) is 18.6. The van der Waals surface area contributed by atoms with E-state index in [1.54, 1.807) is 0 Å². The normalized spacial score (nSPS) is 18.6. The number of hydrogen-bond acceptors (Lipinski definition) is 4. The minimum absolute atomic E-state index is 0.00676. The molecule has 0 saturated carbocycles. The molecule has 2 aliphatic rings. The zero-order valence-electron chi connectivity index (χ0n) is 15.0. The fraction of sp³-hybridized carbons (Fsp3) is 0.381. The second-order valence-corrected chi connectivity index (χ2v) is 7.71. The first kappa shape index (κ1) is 18.5. The van der Waals surface area contributed by atoms with Crippen LogP contribution in [0.2, 0.25) is 0 Å². The van der Waals surface area contributed by atoms with Gasteiger partial charge in [0.25, 0.3) is 5.91 Å². The third-order valence-electron chi connectivity index (χ3n) is 5.00. The van der Waals surface area contributed by atoms with Crippen LogP contribution in [0.25, 0.3) is 0 Å². The van der Waals surface area contributed by atoms with E-state index in [2.05, 4.69) is 15.9 Å². The minimum atomic E-state index is -0.102. The van der Waals surface area contributed by atoms with Crippen LogP contribution in [-0.2, 0) is 9.47 Å². The van der Waals surface area contributed by atoms with Gasteiger partial charge in [0.05, 0.1) is 18.8 Å². The van der Waals surface area contributed by atoms with Crippen LogP contribution < -0.4 is 4.74 Å². The largest absolute Gasteiger partial charge is 0.456 e. The van der Waals surface area contributed by atoms with Crippen LogP contribution in [-0.4, -0.2) is 43.4 Å². The van der Waals surface area contributed by atoms with Crippen molar-refractivity contribution in [2.75, 3.05) is 26.3 Å². The van der Waals surface area contributed by atoms with E-state index in [0.717, 1.165) is 17.3 Å². The van der Waals surface area contributed by atoms with Gasteiger partial charge in [-0.15, -0.1) is 0 Å². The lowest BCUT2D eigenvalue weighted by Crippen LogP contribution is -2.41. The number of likely N-dealkylation sites (tertiary alicyclic amines) is 1. The maximum atomic E-state index is 13.1. The molecule has 0 aromatic heterocycles. The third-order valence-corrected chi connectivity index (χ3v) is 5.49. The SMILES string of the molecule is O=C(c1ccccc1Oc1cccc(Br)c1)N1CCC(C2OCCO2)CC1. The summed E-state index contributed by atoms with van der Waals surface area (Å²) < 4.78 is 18.2. The first-order valence-electron chi connectivity index (χ1n) is 9.25. The molecular formula is C21H22BrNO4. The van der Waals surface area contributed by atoms with Gasteiger partial charge in [0, 0.05) is 23.5 Å². The number of carbonyl (C=O) groups is 1. The Bertz CT molecular complexity index is 798. The maximum Gasteiger partial charge on any atom is 0.257 e. The molecule has 142 valence electrons. The topological polar surface area (TPSA) is 48.0 Å². The predicted molar refractivity (Wildman–Crippen MR) is 105 cm³/mol. The second kappa shape index (κ2) is 8.42. The van der Waals surface area contributed by atoms with Crippen molar-refractivity contribution in [3.05, 3.63) is 58.6 Å². The van der Waals surface area contributed by atoms with Crippen molar-refractivity contribution >= 4 is 21.8 Å². The summed E-state index contributed by atoms with van der Waals surface area (Å²) in [5.41, 5.74) is 0.587. The van der Waals surface area contributed by atoms with Gasteiger partial charge < -0.3 is 19.1 Å². The molecule has 0 spiro atoms. The number of para-hydroxylation sites is 1. The number of rotatable bonds is 4. The summed E-state index contributed by atoms with van der Waals surface area (Å²) in [5, 5.41) is 0. The van der Waals surface area contributed by atoms with Crippen LogP contribution in [0.15, 0.2) is 53.0 Å². The van der Waals surface area contributed by atoms with Gasteiger partial charge in [0.15, 0.2) is 6.29 Å². The van der Waals surface area contributed by atoms with E-state index >= 15 is 0 Å². The molecule has 6 heteroatoms. The number of nitrogens with zero attached hydrogens (tertiary/aromatic N) is 1. The lowest BCUT2D eigenvalue weighted by molar-refractivity contribution is -0.0956. The van der Waals surface area contributed by atoms with Crippen LogP contribution >= 0.6 is 15.9 Å². The van der Waals surface area contributed by atoms with Gasteiger partial charge in [-0.25, -0.2) is 0 Å². The fourth-order valence-electron chi connectivity index (χ4n) is 3.58. The Hall–Kier alpha value is -1.89. The zero-order valence-corrected chi connectivity index (χ0v) is 16.6. The molecule has 27 heavy (non-hydrogen) atoms. The predicted octanol–water partition coefficient (Wildman–Crippen LogP) is 4.47. The van der Waals surface area contributed by atoms with Crippen molar-refractivity contribution in [1.29, 1.82) is 0 Å². The summed E-state index contributed by atoms with van der Waals surface area (Å²) in [6.07, 6.45) is 1.69. The van der Waals surface area contributed by atoms with Gasteiger partial charge in [-0.1, -0.05) is 34.1 Å². The molecule has 0 N–H and O–H groups in total. The van der Waals surface area contributed by atoms with Gasteiger partial charge in [0.1, 0.15) is 11.5 Å². The molecule has 5 nitrogen and oxygen atoms in total. The highest BCUT2D eigenvalue weighted by Crippen LogP contribution is 2.30. The molecule has 0 bridgehead atoms. The standard InChI is InChI=1S/C21H22BrNO4/c22-16-4-3-5-17(14-16)27-19-7-2-1-6-18(19)20(24)23-10-8-15(9-11-23)21-25-12-13-26-21/h1-7,14-15,21H,8-13H2. The molecule has 2 heterocycles. The lowest BCUT2D eigenvalue weighted by Gasteiger charge is -2.34. The first-order valence-corrected chi connectivity index (χ1v) is 10.0. The van der Waals surface area contributed by atoms with Crippen LogP contribution in [0.5, 0.6) is 11.5 Å². The van der Waals surface area contributed by atoms with Crippen molar-refractivity contribution in [3.8, 4) is 11.5 Å². The second-order valence-electron chi connectivity index (χ2n) is 6.80. The first-order chi connectivity index (χ1) is 13.2. The molecule has 2 aliphatic heterocycles. The van der Waals surface area contributed by atoms with Crippen LogP contribution in [0.4, 0.5) is 0 Å². The molecule has 2 fully saturated rings. The van der Waals surface area contributed by atoms with E-state index in [1.807, 2.05) is 53.4 Å². The number of amides is 1. The fourth-order valence-corrected chi connectivity index (χ4v) is 3.96. The van der Waals surface area contributed by atoms with E-state index in [0.29, 0.717) is 49.3 Å². The van der Waals surface area contributed by atoms with Crippen molar-refractivity contribution < 1.29 is 19.0 Å². The summed E-state index contributed by atoms with van der Waals surface area (Å²) in [7, 11) is 0. The van der Waals surface area contributed by atoms with Gasteiger partial charge in [-0.2, -0.15) is 0 Å². The Labute approximate surface area is 167 Å². The van der Waals surface area contributed by atoms with Gasteiger partial charge in [0.2, 0.25) is 0 Å². The molecule has 1 amide bonds. The summed E-state index contributed by atoms with van der Waals surface area (Å²) >= 11 is 3.44. The molecule has 2 aromatic carbocycles. The molecule has 2 aromatic rings. The van der Waals surface area contributed by atoms with E-state index in [-0.39, 0.29) is 12.2 Å². The van der Waals surface area contributed by atoms with E-state index in [4.69, 9.17) is 14.2 Å². The number of hydrogen-bond donors (Lipinski definition) is 0. The molecule has 2 saturated heterocycles. The van der Waals surface area contributed by atoms with Crippen LogP contribution in [0, 0.1) is 5.92 Å². The van der Waals surface area contributed by atoms with Gasteiger partial charge in [-0.3, -0.25) is 4.79 Å². The maximum absolute atomic E-state index is 13.1. The summed E-state index contributed by atoms with van der Waals surface area (Å²) in [6.45, 7) is 2.75. The Morgan fingerprint density at radius 2 is 1.78 bits per heavy atom. The molecular weight excluding hydrogens is 410 g/mol. The van der Waals surface area contributed by atoms with Gasteiger partial charge in [-0.05, 0) is 43.2 Å². The van der Waals surface area contributed by atoms with Gasteiger partial charge >= 0.3 is 0 Å². The van der Waals surface area contributed by atoms with Crippen molar-refractivity contribution in [2.24, 2.45) is 5.92 Å². The smallest absolute Gasteiger partial charge is 0.257 e. The lowest BCUT2D eigenvalue weighted by atomic mass is 9.95. The Morgan fingerprint density at radius 3 is 2.52 bits per heavy atom. The van der Waals surface area contributed by atoms with Crippen molar-refractivity contribution in [2.45, 2.75) is 19.1 Å². The number of ether oxygens (including phenoxy) is 3. The van der Waals surface area contributed by atoms with Crippen molar-refractivity contribution in [3.63, 3.8) is 0 Å². The average Bonchev–Trinajstić information content (AvgIpc) is 3.23. The monoisotopic (exact) mass is 431 g/mol. The summed E-state index contributed by atoms with van der Waals surface area (Å²) in [5.74, 6) is 1.64. The number of piperidine rings is 1. The van der Waals surface area contributed by atoms with E-state index < -0.39 is 0 Å². The number of halogens is 1. The van der Waals surface area contributed by atoms with Crippen LogP contribution in [0.1, 0.15) is 23.2 Å². The molecule has 4 rings (SSSR count). The van der Waals surface area contributed by atoms with E-state index in [1.165, 1.54) is 0 Å². The minimum Gasteiger partial charge on any atom is -0.456 e. The Kier molecular flexibility index (Phi) is 5.76. The highest BCUT2D eigenvalue weighted by Gasteiger charge is 2.32. The Balaban J connectivity index is 1.44. The molecule has 0 radical (unpaired) electrons. The van der Waals surface area contributed by atoms with Crippen molar-refractivity contribution in [1.82, 2.24) is 4.90 Å². The highest BCUT2D eigenvalue weighted by atomic mass is 79.9. The quantitative estimate of drug-likeness (QED) is 0.716. The highest BCUT2D eigenvalue weighted by molar-refractivity contribution is 9.10. The molecule has 0 unspecified atom stereocenters. The average molecular weight is 432 g/mol. The third kappa shape index (κ3) is 4.34. The molecule has 0 atom stereocenters. The Morgan fingerprint density at radius 1 is 1.04 bits per heavy atom.